The fourth-order valence-electron chi connectivity index (χ4n) is 1.65. The summed E-state index contributed by atoms with van der Waals surface area (Å²) in [5.74, 6) is 5.57. The number of nitrogens with one attached hydrogen (secondary N) is 1. The van der Waals surface area contributed by atoms with Crippen LogP contribution in [0.4, 0.5) is 0 Å². The minimum atomic E-state index is -0.266. The van der Waals surface area contributed by atoms with Gasteiger partial charge in [0.05, 0.1) is 5.25 Å². The SMILES string of the molecule is C[C@@H](Sc1nncn1N)C(=O)NCCc1ccccc1. The summed E-state index contributed by atoms with van der Waals surface area (Å²) in [6.45, 7) is 2.43. The molecule has 1 heterocycles. The Balaban J connectivity index is 1.76. The molecular formula is C13H17N5OS. The van der Waals surface area contributed by atoms with Crippen LogP contribution < -0.4 is 11.2 Å². The normalized spacial score (nSPS) is 12.1. The maximum absolute atomic E-state index is 11.9. The number of benzene rings is 1. The van der Waals surface area contributed by atoms with Crippen molar-refractivity contribution in [1.29, 1.82) is 0 Å². The van der Waals surface area contributed by atoms with Gasteiger partial charge in [-0.15, -0.1) is 10.2 Å². The predicted molar refractivity (Wildman–Crippen MR) is 78.6 cm³/mol. The minimum Gasteiger partial charge on any atom is -0.355 e. The van der Waals surface area contributed by atoms with E-state index < -0.39 is 0 Å². The van der Waals surface area contributed by atoms with Crippen molar-refractivity contribution >= 4 is 17.7 Å². The molecule has 2 rings (SSSR count). The quantitative estimate of drug-likeness (QED) is 0.608. The molecule has 0 fully saturated rings. The van der Waals surface area contributed by atoms with Crippen molar-refractivity contribution in [1.82, 2.24) is 20.2 Å². The Labute approximate surface area is 121 Å². The lowest BCUT2D eigenvalue weighted by Crippen LogP contribution is -2.32. The second-order valence-corrected chi connectivity index (χ2v) is 5.62. The van der Waals surface area contributed by atoms with E-state index in [0.717, 1.165) is 6.42 Å². The fraction of sp³-hybridized carbons (Fsp3) is 0.308. The largest absolute Gasteiger partial charge is 0.355 e. The molecule has 0 spiro atoms. The van der Waals surface area contributed by atoms with Gasteiger partial charge in [0.2, 0.25) is 11.1 Å². The molecule has 0 bridgehead atoms. The van der Waals surface area contributed by atoms with Gasteiger partial charge in [-0.25, -0.2) is 4.68 Å². The van der Waals surface area contributed by atoms with E-state index in [4.69, 9.17) is 5.84 Å². The molecule has 20 heavy (non-hydrogen) atoms. The van der Waals surface area contributed by atoms with E-state index in [1.807, 2.05) is 37.3 Å². The van der Waals surface area contributed by atoms with Crippen molar-refractivity contribution in [2.75, 3.05) is 12.4 Å². The molecule has 1 aromatic heterocycles. The highest BCUT2D eigenvalue weighted by Crippen LogP contribution is 2.19. The summed E-state index contributed by atoms with van der Waals surface area (Å²) in [7, 11) is 0. The van der Waals surface area contributed by atoms with Gasteiger partial charge in [-0.3, -0.25) is 4.79 Å². The number of rotatable bonds is 6. The highest BCUT2D eigenvalue weighted by Gasteiger charge is 2.16. The van der Waals surface area contributed by atoms with Gasteiger partial charge in [-0.2, -0.15) is 0 Å². The number of hydrogen-bond donors (Lipinski definition) is 2. The second-order valence-electron chi connectivity index (χ2n) is 4.31. The lowest BCUT2D eigenvalue weighted by atomic mass is 10.1. The first-order chi connectivity index (χ1) is 9.66. The molecule has 0 radical (unpaired) electrons. The van der Waals surface area contributed by atoms with Crippen LogP contribution in [-0.2, 0) is 11.2 Å². The molecule has 2 aromatic rings. The monoisotopic (exact) mass is 291 g/mol. The van der Waals surface area contributed by atoms with Crippen molar-refractivity contribution in [3.8, 4) is 0 Å². The second kappa shape index (κ2) is 6.95. The number of carbonyl (C=O) groups is 1. The smallest absolute Gasteiger partial charge is 0.233 e. The van der Waals surface area contributed by atoms with Crippen molar-refractivity contribution in [3.63, 3.8) is 0 Å². The predicted octanol–water partition coefficient (Wildman–Crippen LogP) is 0.831. The topological polar surface area (TPSA) is 85.8 Å². The highest BCUT2D eigenvalue weighted by molar-refractivity contribution is 8.00. The first-order valence-corrected chi connectivity index (χ1v) is 7.18. The zero-order valence-electron chi connectivity index (χ0n) is 11.2. The fourth-order valence-corrected chi connectivity index (χ4v) is 2.42. The van der Waals surface area contributed by atoms with Crippen molar-refractivity contribution < 1.29 is 4.79 Å². The zero-order chi connectivity index (χ0) is 14.4. The Hall–Kier alpha value is -2.02. The van der Waals surface area contributed by atoms with E-state index >= 15 is 0 Å². The number of carbonyl (C=O) groups excluding carboxylic acids is 1. The van der Waals surface area contributed by atoms with Gasteiger partial charge in [0.15, 0.2) is 0 Å². The van der Waals surface area contributed by atoms with E-state index in [2.05, 4.69) is 15.5 Å². The summed E-state index contributed by atoms with van der Waals surface area (Å²) in [6, 6.07) is 10.0. The molecule has 1 amide bonds. The number of nitrogens with zero attached hydrogens (tertiary/aromatic N) is 3. The van der Waals surface area contributed by atoms with Crippen molar-refractivity contribution in [3.05, 3.63) is 42.2 Å². The highest BCUT2D eigenvalue weighted by atomic mass is 32.2. The molecule has 0 aliphatic rings. The van der Waals surface area contributed by atoms with Crippen LogP contribution in [0.5, 0.6) is 0 Å². The third-order valence-corrected chi connectivity index (χ3v) is 3.82. The minimum absolute atomic E-state index is 0.0334. The number of aromatic nitrogens is 3. The average Bonchev–Trinajstić information content (AvgIpc) is 2.85. The maximum atomic E-state index is 11.9. The van der Waals surface area contributed by atoms with Gasteiger partial charge in [-0.05, 0) is 18.9 Å². The zero-order valence-corrected chi connectivity index (χ0v) is 12.0. The molecule has 3 N–H and O–H groups in total. The Morgan fingerprint density at radius 3 is 2.85 bits per heavy atom. The lowest BCUT2D eigenvalue weighted by molar-refractivity contribution is -0.120. The van der Waals surface area contributed by atoms with Gasteiger partial charge in [0.1, 0.15) is 6.33 Å². The number of nitrogen functional groups attached to an aromatic ring is 1. The molecule has 1 atom stereocenters. The molecular weight excluding hydrogens is 274 g/mol. The standard InChI is InChI=1S/C13H17N5OS/c1-10(20-13-17-16-9-18(13)14)12(19)15-8-7-11-5-3-2-4-6-11/h2-6,9-10H,7-8,14H2,1H3,(H,15,19)/t10-/m1/s1. The summed E-state index contributed by atoms with van der Waals surface area (Å²) in [5.41, 5.74) is 1.20. The number of amides is 1. The van der Waals surface area contributed by atoms with Crippen LogP contribution in [0.2, 0.25) is 0 Å². The molecule has 0 aliphatic heterocycles. The van der Waals surface area contributed by atoms with Crippen molar-refractivity contribution in [2.24, 2.45) is 0 Å². The number of hydrogen-bond acceptors (Lipinski definition) is 5. The molecule has 0 saturated heterocycles. The Morgan fingerprint density at radius 1 is 1.45 bits per heavy atom. The van der Waals surface area contributed by atoms with E-state index in [1.165, 1.54) is 28.3 Å². The molecule has 106 valence electrons. The Kier molecular flexibility index (Phi) is 5.00. The van der Waals surface area contributed by atoms with E-state index in [9.17, 15) is 4.79 Å². The number of nitrogens with two attached hydrogens (primary N) is 1. The van der Waals surface area contributed by atoms with E-state index in [1.54, 1.807) is 0 Å². The first kappa shape index (κ1) is 14.4. The summed E-state index contributed by atoms with van der Waals surface area (Å²) in [6.07, 6.45) is 2.22. The first-order valence-electron chi connectivity index (χ1n) is 6.30. The molecule has 0 aliphatic carbocycles. The van der Waals surface area contributed by atoms with Gasteiger partial charge in [-0.1, -0.05) is 42.1 Å². The van der Waals surface area contributed by atoms with Crippen LogP contribution in [-0.4, -0.2) is 32.6 Å². The van der Waals surface area contributed by atoms with Crippen LogP contribution in [0.15, 0.2) is 41.8 Å². The van der Waals surface area contributed by atoms with Crippen LogP contribution in [0, 0.1) is 0 Å². The van der Waals surface area contributed by atoms with Crippen molar-refractivity contribution in [2.45, 2.75) is 23.8 Å². The van der Waals surface area contributed by atoms with Crippen LogP contribution in [0.1, 0.15) is 12.5 Å². The third-order valence-electron chi connectivity index (χ3n) is 2.75. The van der Waals surface area contributed by atoms with E-state index in [-0.39, 0.29) is 11.2 Å². The van der Waals surface area contributed by atoms with Gasteiger partial charge >= 0.3 is 0 Å². The molecule has 0 unspecified atom stereocenters. The van der Waals surface area contributed by atoms with Gasteiger partial charge in [0.25, 0.3) is 0 Å². The summed E-state index contributed by atoms with van der Waals surface area (Å²) in [4.78, 5) is 11.9. The van der Waals surface area contributed by atoms with Crippen LogP contribution in [0.25, 0.3) is 0 Å². The molecule has 1 aromatic carbocycles. The molecule has 0 saturated carbocycles. The van der Waals surface area contributed by atoms with Crippen LogP contribution >= 0.6 is 11.8 Å². The van der Waals surface area contributed by atoms with Crippen LogP contribution in [0.3, 0.4) is 0 Å². The molecule has 7 heteroatoms. The van der Waals surface area contributed by atoms with E-state index in [0.29, 0.717) is 11.7 Å². The Bertz CT molecular complexity index is 557. The van der Waals surface area contributed by atoms with Gasteiger partial charge in [0, 0.05) is 6.54 Å². The number of thioether (sulfide) groups is 1. The summed E-state index contributed by atoms with van der Waals surface area (Å²) in [5, 5.41) is 10.7. The lowest BCUT2D eigenvalue weighted by Gasteiger charge is -2.11. The average molecular weight is 291 g/mol. The maximum Gasteiger partial charge on any atom is 0.233 e. The van der Waals surface area contributed by atoms with Gasteiger partial charge < -0.3 is 11.2 Å². The Morgan fingerprint density at radius 2 is 2.20 bits per heavy atom. The summed E-state index contributed by atoms with van der Waals surface area (Å²) < 4.78 is 1.30. The third kappa shape index (κ3) is 3.99. The molecule has 6 nitrogen and oxygen atoms in total. The summed E-state index contributed by atoms with van der Waals surface area (Å²) >= 11 is 1.28.